The van der Waals surface area contributed by atoms with Gasteiger partial charge in [-0.3, -0.25) is 19.8 Å². The van der Waals surface area contributed by atoms with Gasteiger partial charge in [-0.25, -0.2) is 24.8 Å². The molecular formula is C30H26N6O3S. The number of thiophene rings is 1. The van der Waals surface area contributed by atoms with E-state index in [1.807, 2.05) is 18.2 Å². The van der Waals surface area contributed by atoms with Crippen molar-refractivity contribution in [3.05, 3.63) is 89.4 Å². The van der Waals surface area contributed by atoms with Crippen LogP contribution < -0.4 is 5.32 Å². The number of hydrazine groups is 1. The fraction of sp³-hybridized carbons (Fsp3) is 0.233. The maximum absolute atomic E-state index is 13.0. The third kappa shape index (κ3) is 4.44. The van der Waals surface area contributed by atoms with Crippen LogP contribution in [0.15, 0.2) is 67.0 Å². The van der Waals surface area contributed by atoms with Crippen molar-refractivity contribution in [1.82, 2.24) is 30.2 Å². The summed E-state index contributed by atoms with van der Waals surface area (Å²) in [5.41, 5.74) is 6.08. The predicted molar refractivity (Wildman–Crippen MR) is 152 cm³/mol. The average molecular weight is 551 g/mol. The first kappa shape index (κ1) is 24.6. The Morgan fingerprint density at radius 1 is 0.925 bits per heavy atom. The lowest BCUT2D eigenvalue weighted by Crippen LogP contribution is -2.56. The molecule has 1 fully saturated rings. The molecular weight excluding hydrogens is 524 g/mol. The van der Waals surface area contributed by atoms with Crippen LogP contribution in [0.1, 0.15) is 40.0 Å². The standard InChI is InChI=1S/C30H26N6O3S/c37-26-10-13-35(30(39)33-26)36-17-22-14-19(6-7-23(22)29(36)38)16-34-11-8-21(9-12-34)27-24-15-25(20-4-2-1-3-5-20)40-28(24)32-18-31-27/h1-8,14-15,18H,9-13,16-17H2,(H,33,37,39). The van der Waals surface area contributed by atoms with Gasteiger partial charge in [0.1, 0.15) is 11.2 Å². The monoisotopic (exact) mass is 550 g/mol. The van der Waals surface area contributed by atoms with Crippen LogP contribution in [-0.4, -0.2) is 62.4 Å². The van der Waals surface area contributed by atoms with Crippen LogP contribution in [0.25, 0.3) is 26.2 Å². The number of rotatable bonds is 5. The summed E-state index contributed by atoms with van der Waals surface area (Å²) >= 11 is 1.69. The summed E-state index contributed by atoms with van der Waals surface area (Å²) < 4.78 is 0. The first-order chi connectivity index (χ1) is 19.5. The zero-order valence-electron chi connectivity index (χ0n) is 21.7. The van der Waals surface area contributed by atoms with Crippen molar-refractivity contribution in [2.24, 2.45) is 0 Å². The Bertz CT molecular complexity index is 1700. The van der Waals surface area contributed by atoms with E-state index in [1.54, 1.807) is 17.7 Å². The van der Waals surface area contributed by atoms with Crippen LogP contribution in [0.2, 0.25) is 0 Å². The first-order valence-corrected chi connectivity index (χ1v) is 14.1. The minimum absolute atomic E-state index is 0.183. The number of nitrogens with zero attached hydrogens (tertiary/aromatic N) is 5. The van der Waals surface area contributed by atoms with Crippen molar-refractivity contribution in [1.29, 1.82) is 0 Å². The molecule has 10 heteroatoms. The molecule has 3 aliphatic heterocycles. The molecule has 0 saturated carbocycles. The molecule has 5 heterocycles. The first-order valence-electron chi connectivity index (χ1n) is 13.3. The number of benzene rings is 2. The molecule has 1 N–H and O–H groups in total. The van der Waals surface area contributed by atoms with Crippen LogP contribution >= 0.6 is 11.3 Å². The molecule has 9 nitrogen and oxygen atoms in total. The number of hydrogen-bond acceptors (Lipinski definition) is 7. The van der Waals surface area contributed by atoms with Crippen molar-refractivity contribution >= 4 is 45.0 Å². The fourth-order valence-corrected chi connectivity index (χ4v) is 6.63. The molecule has 0 aliphatic carbocycles. The Hall–Kier alpha value is -4.41. The molecule has 1 saturated heterocycles. The summed E-state index contributed by atoms with van der Waals surface area (Å²) in [4.78, 5) is 50.5. The van der Waals surface area contributed by atoms with E-state index in [2.05, 4.69) is 62.7 Å². The van der Waals surface area contributed by atoms with Gasteiger partial charge in [-0.1, -0.05) is 48.5 Å². The van der Waals surface area contributed by atoms with Crippen LogP contribution in [0.5, 0.6) is 0 Å². The summed E-state index contributed by atoms with van der Waals surface area (Å²) in [5.74, 6) is -0.528. The lowest BCUT2D eigenvalue weighted by Gasteiger charge is -2.33. The molecule has 40 heavy (non-hydrogen) atoms. The Morgan fingerprint density at radius 2 is 1.80 bits per heavy atom. The van der Waals surface area contributed by atoms with E-state index in [-0.39, 0.29) is 24.8 Å². The summed E-state index contributed by atoms with van der Waals surface area (Å²) in [5, 5.41) is 6.16. The maximum atomic E-state index is 13.0. The molecule has 200 valence electrons. The van der Waals surface area contributed by atoms with Crippen molar-refractivity contribution in [3.8, 4) is 10.4 Å². The number of carbonyl (C=O) groups excluding carboxylic acids is 3. The van der Waals surface area contributed by atoms with Crippen LogP contribution in [-0.2, 0) is 17.9 Å². The third-order valence-electron chi connectivity index (χ3n) is 7.67. The fourth-order valence-electron chi connectivity index (χ4n) is 5.62. The molecule has 2 aromatic heterocycles. The average Bonchev–Trinajstić information content (AvgIpc) is 3.55. The van der Waals surface area contributed by atoms with Gasteiger partial charge in [-0.15, -0.1) is 11.3 Å². The van der Waals surface area contributed by atoms with Crippen molar-refractivity contribution < 1.29 is 14.4 Å². The predicted octanol–water partition coefficient (Wildman–Crippen LogP) is 4.46. The molecule has 0 radical (unpaired) electrons. The Balaban J connectivity index is 1.05. The number of aromatic nitrogens is 2. The van der Waals surface area contributed by atoms with Crippen molar-refractivity contribution in [3.63, 3.8) is 0 Å². The van der Waals surface area contributed by atoms with E-state index in [1.165, 1.54) is 26.0 Å². The minimum Gasteiger partial charge on any atom is -0.295 e. The van der Waals surface area contributed by atoms with Gasteiger partial charge in [0.15, 0.2) is 0 Å². The third-order valence-corrected chi connectivity index (χ3v) is 8.76. The highest BCUT2D eigenvalue weighted by atomic mass is 32.1. The lowest BCUT2D eigenvalue weighted by atomic mass is 10.0. The second-order valence-electron chi connectivity index (χ2n) is 10.2. The highest BCUT2D eigenvalue weighted by Crippen LogP contribution is 2.36. The smallest absolute Gasteiger partial charge is 0.295 e. The quantitative estimate of drug-likeness (QED) is 0.394. The van der Waals surface area contributed by atoms with Gasteiger partial charge in [0, 0.05) is 41.9 Å². The number of urea groups is 1. The lowest BCUT2D eigenvalue weighted by molar-refractivity contribution is -0.123. The van der Waals surface area contributed by atoms with E-state index in [9.17, 15) is 14.4 Å². The number of carbonyl (C=O) groups is 3. The summed E-state index contributed by atoms with van der Waals surface area (Å²) in [7, 11) is 0. The SMILES string of the molecule is O=C1CCN(N2Cc3cc(CN4CC=C(c5ncnc6sc(-c7ccccc7)cc56)CC4)ccc3C2=O)C(=O)N1. The van der Waals surface area contributed by atoms with Gasteiger partial charge in [0.05, 0.1) is 18.8 Å². The molecule has 0 atom stereocenters. The molecule has 3 aliphatic rings. The van der Waals surface area contributed by atoms with E-state index in [0.29, 0.717) is 12.1 Å². The summed E-state index contributed by atoms with van der Waals surface area (Å²) in [6, 6.07) is 17.9. The Kier molecular flexibility index (Phi) is 6.13. The van der Waals surface area contributed by atoms with Gasteiger partial charge in [0.2, 0.25) is 5.91 Å². The highest BCUT2D eigenvalue weighted by Gasteiger charge is 2.37. The molecule has 0 spiro atoms. The van der Waals surface area contributed by atoms with Gasteiger partial charge < -0.3 is 0 Å². The highest BCUT2D eigenvalue weighted by molar-refractivity contribution is 7.21. The van der Waals surface area contributed by atoms with Gasteiger partial charge in [-0.2, -0.15) is 0 Å². The number of amides is 4. The summed E-state index contributed by atoms with van der Waals surface area (Å²) in [6.07, 6.45) is 5.00. The summed E-state index contributed by atoms with van der Waals surface area (Å²) in [6.45, 7) is 3.00. The number of hydrogen-bond donors (Lipinski definition) is 1. The van der Waals surface area contributed by atoms with Crippen LogP contribution in [0.4, 0.5) is 4.79 Å². The van der Waals surface area contributed by atoms with Crippen molar-refractivity contribution in [2.75, 3.05) is 19.6 Å². The van der Waals surface area contributed by atoms with Gasteiger partial charge in [0.25, 0.3) is 5.91 Å². The maximum Gasteiger partial charge on any atom is 0.342 e. The minimum atomic E-state index is -0.548. The van der Waals surface area contributed by atoms with Gasteiger partial charge in [-0.05, 0) is 40.8 Å². The molecule has 0 bridgehead atoms. The van der Waals surface area contributed by atoms with Crippen LogP contribution in [0.3, 0.4) is 0 Å². The Morgan fingerprint density at radius 3 is 2.60 bits per heavy atom. The number of nitrogens with one attached hydrogen (secondary N) is 1. The second-order valence-corrected chi connectivity index (χ2v) is 11.2. The topological polar surface area (TPSA) is 98.7 Å². The molecule has 0 unspecified atom stereocenters. The normalized spacial score (nSPS) is 17.8. The van der Waals surface area contributed by atoms with E-state index in [0.717, 1.165) is 53.1 Å². The largest absolute Gasteiger partial charge is 0.342 e. The van der Waals surface area contributed by atoms with Crippen molar-refractivity contribution in [2.45, 2.75) is 25.9 Å². The van der Waals surface area contributed by atoms with E-state index in [4.69, 9.17) is 0 Å². The molecule has 7 rings (SSSR count). The Labute approximate surface area is 234 Å². The number of fused-ring (bicyclic) bond motifs is 2. The van der Waals surface area contributed by atoms with Gasteiger partial charge >= 0.3 is 6.03 Å². The number of imide groups is 1. The molecule has 4 amide bonds. The zero-order chi connectivity index (χ0) is 27.2. The van der Waals surface area contributed by atoms with E-state index >= 15 is 0 Å². The second kappa shape index (κ2) is 9.96. The molecule has 4 aromatic rings. The molecule has 2 aromatic carbocycles. The zero-order valence-corrected chi connectivity index (χ0v) is 22.5. The van der Waals surface area contributed by atoms with E-state index < -0.39 is 6.03 Å². The van der Waals surface area contributed by atoms with Crippen LogP contribution in [0, 0.1) is 0 Å².